The lowest BCUT2D eigenvalue weighted by atomic mass is 10.2. The summed E-state index contributed by atoms with van der Waals surface area (Å²) in [5, 5.41) is 0. The zero-order valence-corrected chi connectivity index (χ0v) is 11.2. The molecule has 3 aromatic rings. The van der Waals surface area contributed by atoms with E-state index in [1.54, 1.807) is 0 Å². The van der Waals surface area contributed by atoms with Gasteiger partial charge in [0, 0.05) is 5.69 Å². The second-order valence-corrected chi connectivity index (χ2v) is 5.49. The molecule has 20 heavy (non-hydrogen) atoms. The molecule has 0 radical (unpaired) electrons. The molecule has 0 spiro atoms. The van der Waals surface area contributed by atoms with Crippen LogP contribution < -0.4 is 5.73 Å². The van der Waals surface area contributed by atoms with E-state index in [-0.39, 0.29) is 6.04 Å². The minimum atomic E-state index is 0.0302. The predicted octanol–water partition coefficient (Wildman–Crippen LogP) is 3.44. The van der Waals surface area contributed by atoms with Gasteiger partial charge in [-0.2, -0.15) is 0 Å². The van der Waals surface area contributed by atoms with Crippen LogP contribution in [-0.4, -0.2) is 9.55 Å². The van der Waals surface area contributed by atoms with Gasteiger partial charge in [-0.15, -0.1) is 0 Å². The van der Waals surface area contributed by atoms with Crippen LogP contribution in [0, 0.1) is 5.92 Å². The SMILES string of the molecule is NC(c1nc2ccccc2n1-c1ccccc1)C1CC1. The molecule has 1 saturated carbocycles. The molecule has 0 bridgehead atoms. The molecule has 1 aliphatic rings. The maximum atomic E-state index is 6.42. The van der Waals surface area contributed by atoms with Gasteiger partial charge in [0.2, 0.25) is 0 Å². The highest BCUT2D eigenvalue weighted by molar-refractivity contribution is 5.78. The van der Waals surface area contributed by atoms with E-state index < -0.39 is 0 Å². The fourth-order valence-corrected chi connectivity index (χ4v) is 2.78. The number of aromatic nitrogens is 2. The summed E-state index contributed by atoms with van der Waals surface area (Å²) in [7, 11) is 0. The highest BCUT2D eigenvalue weighted by Crippen LogP contribution is 2.40. The maximum absolute atomic E-state index is 6.42. The lowest BCUT2D eigenvalue weighted by Crippen LogP contribution is -2.17. The average Bonchev–Trinajstić information content (AvgIpc) is 3.27. The Morgan fingerprint density at radius 1 is 1.00 bits per heavy atom. The Balaban J connectivity index is 1.97. The van der Waals surface area contributed by atoms with Crippen molar-refractivity contribution in [3.8, 4) is 5.69 Å². The molecule has 2 aromatic carbocycles. The molecule has 0 aliphatic heterocycles. The first-order valence-corrected chi connectivity index (χ1v) is 7.13. The third kappa shape index (κ3) is 1.82. The van der Waals surface area contributed by atoms with Crippen LogP contribution in [0.4, 0.5) is 0 Å². The smallest absolute Gasteiger partial charge is 0.131 e. The molecule has 3 nitrogen and oxygen atoms in total. The zero-order chi connectivity index (χ0) is 13.5. The van der Waals surface area contributed by atoms with Crippen LogP contribution in [0.5, 0.6) is 0 Å². The number of imidazole rings is 1. The number of fused-ring (bicyclic) bond motifs is 1. The van der Waals surface area contributed by atoms with Crippen molar-refractivity contribution >= 4 is 11.0 Å². The molecule has 0 amide bonds. The molecular formula is C17H17N3. The first kappa shape index (κ1) is 11.7. The largest absolute Gasteiger partial charge is 0.321 e. The molecule has 1 aliphatic carbocycles. The summed E-state index contributed by atoms with van der Waals surface area (Å²) in [5.41, 5.74) is 9.70. The summed E-state index contributed by atoms with van der Waals surface area (Å²) in [6, 6.07) is 18.6. The number of hydrogen-bond acceptors (Lipinski definition) is 2. The fraction of sp³-hybridized carbons (Fsp3) is 0.235. The Morgan fingerprint density at radius 3 is 2.45 bits per heavy atom. The van der Waals surface area contributed by atoms with Gasteiger partial charge in [0.1, 0.15) is 5.82 Å². The fourth-order valence-electron chi connectivity index (χ4n) is 2.78. The van der Waals surface area contributed by atoms with E-state index in [1.807, 2.05) is 12.1 Å². The van der Waals surface area contributed by atoms with Gasteiger partial charge in [-0.25, -0.2) is 4.98 Å². The highest BCUT2D eigenvalue weighted by Gasteiger charge is 2.33. The van der Waals surface area contributed by atoms with Crippen molar-refractivity contribution in [3.05, 3.63) is 60.4 Å². The molecule has 4 rings (SSSR count). The summed E-state index contributed by atoms with van der Waals surface area (Å²) in [4.78, 5) is 4.79. The van der Waals surface area contributed by atoms with Crippen LogP contribution in [0.15, 0.2) is 54.6 Å². The average molecular weight is 263 g/mol. The summed E-state index contributed by atoms with van der Waals surface area (Å²) >= 11 is 0. The van der Waals surface area contributed by atoms with Crippen molar-refractivity contribution in [2.24, 2.45) is 11.7 Å². The molecule has 1 atom stereocenters. The normalized spacial score (nSPS) is 16.4. The van der Waals surface area contributed by atoms with Crippen LogP contribution >= 0.6 is 0 Å². The zero-order valence-electron chi connectivity index (χ0n) is 11.2. The molecule has 1 fully saturated rings. The van der Waals surface area contributed by atoms with Gasteiger partial charge in [0.15, 0.2) is 0 Å². The Morgan fingerprint density at radius 2 is 1.70 bits per heavy atom. The molecule has 2 N–H and O–H groups in total. The predicted molar refractivity (Wildman–Crippen MR) is 80.7 cm³/mol. The first-order chi connectivity index (χ1) is 9.84. The Kier molecular flexibility index (Phi) is 2.60. The van der Waals surface area contributed by atoms with Gasteiger partial charge in [-0.1, -0.05) is 30.3 Å². The molecule has 1 heterocycles. The summed E-state index contributed by atoms with van der Waals surface area (Å²) in [6.45, 7) is 0. The lowest BCUT2D eigenvalue weighted by Gasteiger charge is -2.14. The second kappa shape index (κ2) is 4.46. The van der Waals surface area contributed by atoms with Crippen molar-refractivity contribution in [1.29, 1.82) is 0 Å². The monoisotopic (exact) mass is 263 g/mol. The molecule has 1 aromatic heterocycles. The number of para-hydroxylation sites is 3. The van der Waals surface area contributed by atoms with E-state index in [9.17, 15) is 0 Å². The van der Waals surface area contributed by atoms with Crippen molar-refractivity contribution < 1.29 is 0 Å². The number of nitrogens with two attached hydrogens (primary N) is 1. The van der Waals surface area contributed by atoms with Gasteiger partial charge >= 0.3 is 0 Å². The van der Waals surface area contributed by atoms with Crippen LogP contribution in [0.25, 0.3) is 16.7 Å². The minimum absolute atomic E-state index is 0.0302. The van der Waals surface area contributed by atoms with E-state index in [0.29, 0.717) is 5.92 Å². The van der Waals surface area contributed by atoms with Crippen molar-refractivity contribution in [2.75, 3.05) is 0 Å². The maximum Gasteiger partial charge on any atom is 0.131 e. The highest BCUT2D eigenvalue weighted by atomic mass is 15.1. The molecule has 3 heteroatoms. The second-order valence-electron chi connectivity index (χ2n) is 5.49. The van der Waals surface area contributed by atoms with E-state index in [1.165, 1.54) is 12.8 Å². The summed E-state index contributed by atoms with van der Waals surface area (Å²) in [6.07, 6.45) is 2.44. The van der Waals surface area contributed by atoms with Gasteiger partial charge in [-0.3, -0.25) is 4.57 Å². The van der Waals surface area contributed by atoms with Crippen LogP contribution in [0.3, 0.4) is 0 Å². The third-order valence-corrected chi connectivity index (χ3v) is 4.03. The minimum Gasteiger partial charge on any atom is -0.321 e. The third-order valence-electron chi connectivity index (χ3n) is 4.03. The Bertz CT molecular complexity index is 741. The van der Waals surface area contributed by atoms with Gasteiger partial charge in [0.25, 0.3) is 0 Å². The number of benzene rings is 2. The Hall–Kier alpha value is -2.13. The van der Waals surface area contributed by atoms with Crippen LogP contribution in [0.2, 0.25) is 0 Å². The first-order valence-electron chi connectivity index (χ1n) is 7.13. The molecular weight excluding hydrogens is 246 g/mol. The molecule has 100 valence electrons. The van der Waals surface area contributed by atoms with Gasteiger partial charge in [-0.05, 0) is 43.0 Å². The van der Waals surface area contributed by atoms with Crippen molar-refractivity contribution in [3.63, 3.8) is 0 Å². The van der Waals surface area contributed by atoms with E-state index in [0.717, 1.165) is 22.5 Å². The lowest BCUT2D eigenvalue weighted by molar-refractivity contribution is 0.587. The van der Waals surface area contributed by atoms with E-state index >= 15 is 0 Å². The summed E-state index contributed by atoms with van der Waals surface area (Å²) in [5.74, 6) is 1.58. The Labute approximate surface area is 118 Å². The van der Waals surface area contributed by atoms with Crippen LogP contribution in [0.1, 0.15) is 24.7 Å². The van der Waals surface area contributed by atoms with E-state index in [4.69, 9.17) is 10.7 Å². The topological polar surface area (TPSA) is 43.8 Å². The van der Waals surface area contributed by atoms with E-state index in [2.05, 4.69) is 47.0 Å². The summed E-state index contributed by atoms with van der Waals surface area (Å²) < 4.78 is 2.21. The van der Waals surface area contributed by atoms with Gasteiger partial charge < -0.3 is 5.73 Å². The van der Waals surface area contributed by atoms with Gasteiger partial charge in [0.05, 0.1) is 17.1 Å². The molecule has 0 saturated heterocycles. The standard InChI is InChI=1S/C17H17N3/c18-16(12-10-11-12)17-19-14-8-4-5-9-15(14)20(17)13-6-2-1-3-7-13/h1-9,12,16H,10-11,18H2. The quantitative estimate of drug-likeness (QED) is 0.786. The number of hydrogen-bond donors (Lipinski definition) is 1. The number of rotatable bonds is 3. The number of nitrogens with zero attached hydrogens (tertiary/aromatic N) is 2. The van der Waals surface area contributed by atoms with Crippen LogP contribution in [-0.2, 0) is 0 Å². The van der Waals surface area contributed by atoms with Crippen molar-refractivity contribution in [1.82, 2.24) is 9.55 Å². The van der Waals surface area contributed by atoms with Crippen molar-refractivity contribution in [2.45, 2.75) is 18.9 Å². The molecule has 1 unspecified atom stereocenters.